The van der Waals surface area contributed by atoms with Crippen molar-refractivity contribution in [3.8, 4) is 0 Å². The van der Waals surface area contributed by atoms with Crippen molar-refractivity contribution in [3.05, 3.63) is 11.4 Å². The van der Waals surface area contributed by atoms with Crippen LogP contribution in [0.1, 0.15) is 43.0 Å². The minimum absolute atomic E-state index is 0.0367. The smallest absolute Gasteiger partial charge is 0.112 e. The van der Waals surface area contributed by atoms with Crippen molar-refractivity contribution in [3.63, 3.8) is 0 Å². The molecule has 1 aromatic heterocycles. The molecule has 0 aromatic carbocycles. The molecule has 0 unspecified atom stereocenters. The summed E-state index contributed by atoms with van der Waals surface area (Å²) in [4.78, 5) is 0. The number of aryl methyl sites for hydroxylation is 1. The summed E-state index contributed by atoms with van der Waals surface area (Å²) in [6.07, 6.45) is 4.27. The third-order valence-corrected chi connectivity index (χ3v) is 3.02. The van der Waals surface area contributed by atoms with E-state index in [2.05, 4.69) is 10.3 Å². The summed E-state index contributed by atoms with van der Waals surface area (Å²) in [5, 5.41) is 25.9. The zero-order valence-corrected chi connectivity index (χ0v) is 8.76. The first-order valence-electron chi connectivity index (χ1n) is 5.50. The zero-order valence-electron chi connectivity index (χ0n) is 8.76. The highest BCUT2D eigenvalue weighted by molar-refractivity contribution is 5.17. The lowest BCUT2D eigenvalue weighted by atomic mass is 9.82. The monoisotopic (exact) mass is 211 g/mol. The van der Waals surface area contributed by atoms with Gasteiger partial charge in [0.05, 0.1) is 12.3 Å². The molecule has 1 saturated carbocycles. The van der Waals surface area contributed by atoms with E-state index in [0.29, 0.717) is 24.6 Å². The summed E-state index contributed by atoms with van der Waals surface area (Å²) in [7, 11) is 0. The van der Waals surface area contributed by atoms with Crippen molar-refractivity contribution in [1.29, 1.82) is 0 Å². The molecule has 0 bridgehead atoms. The van der Waals surface area contributed by atoms with Crippen molar-refractivity contribution in [2.75, 3.05) is 6.61 Å². The number of hydrogen-bond donors (Lipinski definition) is 2. The molecule has 0 radical (unpaired) electrons. The van der Waals surface area contributed by atoms with Crippen LogP contribution < -0.4 is 0 Å². The largest absolute Gasteiger partial charge is 0.396 e. The van der Waals surface area contributed by atoms with Crippen LogP contribution in [0.4, 0.5) is 0 Å². The Hall–Kier alpha value is -0.940. The van der Waals surface area contributed by atoms with E-state index in [9.17, 15) is 0 Å². The van der Waals surface area contributed by atoms with Gasteiger partial charge in [0.2, 0.25) is 0 Å². The first-order valence-corrected chi connectivity index (χ1v) is 5.50. The van der Waals surface area contributed by atoms with Gasteiger partial charge in [0.15, 0.2) is 0 Å². The Kier molecular flexibility index (Phi) is 3.33. The molecule has 1 aliphatic rings. The predicted octanol–water partition coefficient (Wildman–Crippen LogP) is 0.420. The topological polar surface area (TPSA) is 71.2 Å². The fourth-order valence-corrected chi connectivity index (χ4v) is 1.98. The molecule has 5 heteroatoms. The lowest BCUT2D eigenvalue weighted by molar-refractivity contribution is 0.267. The molecule has 1 heterocycles. The molecular weight excluding hydrogens is 194 g/mol. The van der Waals surface area contributed by atoms with Gasteiger partial charge in [0.25, 0.3) is 0 Å². The molecule has 1 fully saturated rings. The lowest BCUT2D eigenvalue weighted by Gasteiger charge is -2.26. The maximum absolute atomic E-state index is 9.16. The van der Waals surface area contributed by atoms with Crippen molar-refractivity contribution in [2.24, 2.45) is 0 Å². The van der Waals surface area contributed by atoms with Gasteiger partial charge in [-0.05, 0) is 19.3 Å². The van der Waals surface area contributed by atoms with Crippen LogP contribution in [0.5, 0.6) is 0 Å². The van der Waals surface area contributed by atoms with Crippen LogP contribution in [0.15, 0.2) is 0 Å². The number of rotatable bonds is 5. The van der Waals surface area contributed by atoms with E-state index in [-0.39, 0.29) is 13.2 Å². The van der Waals surface area contributed by atoms with Crippen LogP contribution in [0.3, 0.4) is 0 Å². The van der Waals surface area contributed by atoms with Gasteiger partial charge >= 0.3 is 0 Å². The van der Waals surface area contributed by atoms with E-state index in [4.69, 9.17) is 10.2 Å². The molecule has 0 atom stereocenters. The molecule has 2 N–H and O–H groups in total. The Morgan fingerprint density at radius 1 is 1.33 bits per heavy atom. The highest BCUT2D eigenvalue weighted by Gasteiger charge is 2.26. The molecule has 5 nitrogen and oxygen atoms in total. The summed E-state index contributed by atoms with van der Waals surface area (Å²) >= 11 is 0. The molecule has 0 amide bonds. The number of nitrogens with zero attached hydrogens (tertiary/aromatic N) is 3. The third kappa shape index (κ3) is 2.03. The van der Waals surface area contributed by atoms with Crippen LogP contribution >= 0.6 is 0 Å². The van der Waals surface area contributed by atoms with E-state index in [0.717, 1.165) is 5.69 Å². The van der Waals surface area contributed by atoms with Gasteiger partial charge in [-0.15, -0.1) is 5.10 Å². The van der Waals surface area contributed by atoms with Crippen molar-refractivity contribution < 1.29 is 10.2 Å². The number of aliphatic hydroxyl groups is 2. The zero-order chi connectivity index (χ0) is 10.7. The first kappa shape index (κ1) is 10.6. The molecule has 0 saturated heterocycles. The van der Waals surface area contributed by atoms with Crippen LogP contribution in [0.25, 0.3) is 0 Å². The van der Waals surface area contributed by atoms with Gasteiger partial charge in [-0.25, -0.2) is 4.68 Å². The quantitative estimate of drug-likeness (QED) is 0.740. The van der Waals surface area contributed by atoms with Crippen LogP contribution in [0.2, 0.25) is 0 Å². The summed E-state index contributed by atoms with van der Waals surface area (Å²) < 4.78 is 1.84. The highest BCUT2D eigenvalue weighted by atomic mass is 16.3. The molecule has 0 spiro atoms. The molecule has 2 rings (SSSR count). The molecule has 15 heavy (non-hydrogen) atoms. The number of aliphatic hydroxyl groups excluding tert-OH is 2. The maximum Gasteiger partial charge on any atom is 0.112 e. The molecule has 0 aliphatic heterocycles. The fourth-order valence-electron chi connectivity index (χ4n) is 1.98. The van der Waals surface area contributed by atoms with Gasteiger partial charge in [0.1, 0.15) is 5.69 Å². The Morgan fingerprint density at radius 2 is 2.13 bits per heavy atom. The summed E-state index contributed by atoms with van der Waals surface area (Å²) in [6.45, 7) is 0.818. The summed E-state index contributed by atoms with van der Waals surface area (Å²) in [5.74, 6) is 0.515. The molecule has 1 aromatic rings. The minimum atomic E-state index is -0.0367. The SMILES string of the molecule is OCCCn1nnc(CO)c1C1CCC1. The highest BCUT2D eigenvalue weighted by Crippen LogP contribution is 2.37. The van der Waals surface area contributed by atoms with Crippen molar-refractivity contribution >= 4 is 0 Å². The fraction of sp³-hybridized carbons (Fsp3) is 0.800. The normalized spacial score (nSPS) is 16.7. The Labute approximate surface area is 88.7 Å². The third-order valence-electron chi connectivity index (χ3n) is 3.02. The average molecular weight is 211 g/mol. The first-order chi connectivity index (χ1) is 7.36. The van der Waals surface area contributed by atoms with Crippen molar-refractivity contribution in [2.45, 2.75) is 44.8 Å². The molecular formula is C10H17N3O2. The van der Waals surface area contributed by atoms with Crippen molar-refractivity contribution in [1.82, 2.24) is 15.0 Å². The van der Waals surface area contributed by atoms with Gasteiger partial charge in [-0.2, -0.15) is 0 Å². The average Bonchev–Trinajstić information content (AvgIpc) is 2.56. The van der Waals surface area contributed by atoms with Crippen LogP contribution in [0, 0.1) is 0 Å². The van der Waals surface area contributed by atoms with Crippen LogP contribution in [-0.4, -0.2) is 31.8 Å². The van der Waals surface area contributed by atoms with Gasteiger partial charge in [-0.3, -0.25) is 0 Å². The van der Waals surface area contributed by atoms with E-state index >= 15 is 0 Å². The van der Waals surface area contributed by atoms with E-state index in [1.807, 2.05) is 4.68 Å². The number of aromatic nitrogens is 3. The number of hydrogen-bond acceptors (Lipinski definition) is 4. The predicted molar refractivity (Wildman–Crippen MR) is 54.2 cm³/mol. The summed E-state index contributed by atoms with van der Waals surface area (Å²) in [6, 6.07) is 0. The van der Waals surface area contributed by atoms with E-state index < -0.39 is 0 Å². The maximum atomic E-state index is 9.16. The Morgan fingerprint density at radius 3 is 2.67 bits per heavy atom. The molecule has 84 valence electrons. The Balaban J connectivity index is 2.16. The second-order valence-corrected chi connectivity index (χ2v) is 4.01. The van der Waals surface area contributed by atoms with E-state index in [1.54, 1.807) is 0 Å². The van der Waals surface area contributed by atoms with Gasteiger partial charge in [-0.1, -0.05) is 11.6 Å². The van der Waals surface area contributed by atoms with Gasteiger partial charge in [0, 0.05) is 19.1 Å². The molecule has 1 aliphatic carbocycles. The van der Waals surface area contributed by atoms with Gasteiger partial charge < -0.3 is 10.2 Å². The second kappa shape index (κ2) is 4.72. The standard InChI is InChI=1S/C10H17N3O2/c14-6-2-5-13-10(8-3-1-4-8)9(7-15)11-12-13/h8,14-15H,1-7H2. The lowest BCUT2D eigenvalue weighted by Crippen LogP contribution is -2.17. The van der Waals surface area contributed by atoms with E-state index in [1.165, 1.54) is 19.3 Å². The second-order valence-electron chi connectivity index (χ2n) is 4.01. The van der Waals surface area contributed by atoms with Crippen LogP contribution in [-0.2, 0) is 13.2 Å². The summed E-state index contributed by atoms with van der Waals surface area (Å²) in [5.41, 5.74) is 1.79. The minimum Gasteiger partial charge on any atom is -0.396 e. The Bertz CT molecular complexity index is 320.